The van der Waals surface area contributed by atoms with Crippen molar-refractivity contribution in [3.8, 4) is 22.9 Å². The van der Waals surface area contributed by atoms with Gasteiger partial charge in [-0.1, -0.05) is 23.9 Å². The molecule has 12 heteroatoms. The Bertz CT molecular complexity index is 1160. The summed E-state index contributed by atoms with van der Waals surface area (Å²) in [5, 5.41) is 1.91. The number of thioether (sulfide) groups is 1. The number of thiazole rings is 1. The van der Waals surface area contributed by atoms with E-state index in [1.807, 2.05) is 40.0 Å². The molecule has 0 aliphatic carbocycles. The fraction of sp³-hybridized carbons (Fsp3) is 0.417. The predicted octanol–water partition coefficient (Wildman–Crippen LogP) is 6.33. The largest absolute Gasteiger partial charge is 0.573 e. The van der Waals surface area contributed by atoms with Gasteiger partial charge in [-0.2, -0.15) is 0 Å². The Morgan fingerprint density at radius 2 is 1.64 bits per heavy atom. The maximum absolute atomic E-state index is 12.5. The molecule has 2 aromatic heterocycles. The molecular weight excluding hydrogens is 515 g/mol. The number of hydrogen-bond acceptors (Lipinski definition) is 9. The van der Waals surface area contributed by atoms with Gasteiger partial charge in [0.15, 0.2) is 4.34 Å². The number of carbonyl (C=O) groups is 1. The van der Waals surface area contributed by atoms with Crippen LogP contribution in [-0.4, -0.2) is 44.2 Å². The number of ether oxygens (including phenoxy) is 3. The van der Waals surface area contributed by atoms with Crippen molar-refractivity contribution in [1.82, 2.24) is 15.0 Å². The quantitative estimate of drug-likeness (QED) is 0.230. The van der Waals surface area contributed by atoms with Gasteiger partial charge in [0.05, 0.1) is 12.3 Å². The molecule has 0 radical (unpaired) electrons. The summed E-state index contributed by atoms with van der Waals surface area (Å²) in [4.78, 5) is 25.3. The number of carbonyl (C=O) groups excluding carboxylic acids is 1. The van der Waals surface area contributed by atoms with Crippen molar-refractivity contribution >= 4 is 29.1 Å². The second kappa shape index (κ2) is 11.0. The van der Waals surface area contributed by atoms with Crippen LogP contribution in [0.15, 0.2) is 46.4 Å². The van der Waals surface area contributed by atoms with E-state index >= 15 is 0 Å². The molecule has 194 valence electrons. The molecule has 3 aromatic rings. The molecule has 0 saturated heterocycles. The lowest BCUT2D eigenvalue weighted by Crippen LogP contribution is -2.36. The van der Waals surface area contributed by atoms with E-state index in [1.54, 1.807) is 0 Å². The lowest BCUT2D eigenvalue weighted by atomic mass is 10.1. The lowest BCUT2D eigenvalue weighted by molar-refractivity contribution is -0.274. The van der Waals surface area contributed by atoms with E-state index in [9.17, 15) is 18.0 Å². The molecule has 0 unspecified atom stereocenters. The normalized spacial score (nSPS) is 12.3. The highest BCUT2D eigenvalue weighted by Crippen LogP contribution is 2.36. The first kappa shape index (κ1) is 27.7. The molecule has 0 aliphatic heterocycles. The third kappa shape index (κ3) is 8.66. The van der Waals surface area contributed by atoms with Gasteiger partial charge in [0.1, 0.15) is 16.1 Å². The Labute approximate surface area is 215 Å². The first-order chi connectivity index (χ1) is 16.7. The van der Waals surface area contributed by atoms with Gasteiger partial charge in [-0.3, -0.25) is 4.79 Å². The Kier molecular flexibility index (Phi) is 8.50. The van der Waals surface area contributed by atoms with Crippen molar-refractivity contribution < 1.29 is 32.2 Å². The van der Waals surface area contributed by atoms with Crippen molar-refractivity contribution in [2.24, 2.45) is 0 Å². The van der Waals surface area contributed by atoms with E-state index in [4.69, 9.17) is 9.47 Å². The van der Waals surface area contributed by atoms with Crippen molar-refractivity contribution in [3.63, 3.8) is 0 Å². The monoisotopic (exact) mass is 541 g/mol. The summed E-state index contributed by atoms with van der Waals surface area (Å²) in [5.41, 5.74) is 1.52. The summed E-state index contributed by atoms with van der Waals surface area (Å²) in [5.74, 6) is -0.601. The van der Waals surface area contributed by atoms with Crippen LogP contribution < -0.4 is 9.47 Å². The minimum Gasteiger partial charge on any atom is -0.463 e. The van der Waals surface area contributed by atoms with Crippen LogP contribution in [0.25, 0.3) is 11.1 Å². The number of hydrogen-bond donors (Lipinski definition) is 0. The van der Waals surface area contributed by atoms with Crippen molar-refractivity contribution in [2.45, 2.75) is 62.1 Å². The van der Waals surface area contributed by atoms with Crippen molar-refractivity contribution in [3.05, 3.63) is 47.7 Å². The van der Waals surface area contributed by atoms with Crippen LogP contribution in [0, 0.1) is 0 Å². The molecule has 0 fully saturated rings. The summed E-state index contributed by atoms with van der Waals surface area (Å²) < 4.78 is 51.8. The topological polar surface area (TPSA) is 83.4 Å². The highest BCUT2D eigenvalue weighted by molar-refractivity contribution is 8.03. The Morgan fingerprint density at radius 3 is 2.22 bits per heavy atom. The van der Waals surface area contributed by atoms with Gasteiger partial charge >= 0.3 is 18.3 Å². The molecule has 7 nitrogen and oxygen atoms in total. The third-order valence-corrected chi connectivity index (χ3v) is 6.57. The van der Waals surface area contributed by atoms with E-state index in [-0.39, 0.29) is 17.7 Å². The van der Waals surface area contributed by atoms with Crippen molar-refractivity contribution in [1.29, 1.82) is 0 Å². The van der Waals surface area contributed by atoms with E-state index < -0.39 is 16.7 Å². The molecule has 0 atom stereocenters. The third-order valence-electron chi connectivity index (χ3n) is 4.40. The first-order valence-corrected chi connectivity index (χ1v) is 12.6. The Hall–Kier alpha value is -2.86. The van der Waals surface area contributed by atoms with Crippen molar-refractivity contribution in [2.75, 3.05) is 6.61 Å². The van der Waals surface area contributed by atoms with Gasteiger partial charge < -0.3 is 14.2 Å². The van der Waals surface area contributed by atoms with Crippen LogP contribution >= 0.6 is 23.1 Å². The van der Waals surface area contributed by atoms with Crippen LogP contribution in [-0.2, 0) is 16.0 Å². The van der Waals surface area contributed by atoms with E-state index in [1.165, 1.54) is 59.8 Å². The SMILES string of the molecule is CC(C)(C)OC(=O)C(C)(C)Sc1nc(CCOc2ncc(-c3ccc(OC(F)(F)F)cc3)cn2)cs1. The minimum absolute atomic E-state index is 0.173. The second-order valence-electron chi connectivity index (χ2n) is 9.14. The van der Waals surface area contributed by atoms with Gasteiger partial charge in [0, 0.05) is 29.8 Å². The van der Waals surface area contributed by atoms with Gasteiger partial charge in [0.25, 0.3) is 0 Å². The zero-order chi connectivity index (χ0) is 26.6. The predicted molar refractivity (Wildman–Crippen MR) is 131 cm³/mol. The maximum atomic E-state index is 12.5. The summed E-state index contributed by atoms with van der Waals surface area (Å²) >= 11 is 2.80. The summed E-state index contributed by atoms with van der Waals surface area (Å²) in [6.45, 7) is 9.41. The zero-order valence-corrected chi connectivity index (χ0v) is 22.0. The standard InChI is InChI=1S/C24H26F3N3O4S2/c1-22(2,3)34-19(31)23(4,5)36-21-30-17(14-35-21)10-11-32-20-28-12-16(13-29-20)15-6-8-18(9-7-15)33-24(25,26)27/h6-9,12-14H,10-11H2,1-5H3. The average Bonchev–Trinajstić information content (AvgIpc) is 3.19. The highest BCUT2D eigenvalue weighted by Gasteiger charge is 2.34. The highest BCUT2D eigenvalue weighted by atomic mass is 32.2. The zero-order valence-electron chi connectivity index (χ0n) is 20.4. The fourth-order valence-corrected chi connectivity index (χ4v) is 5.01. The lowest BCUT2D eigenvalue weighted by Gasteiger charge is -2.27. The number of rotatable bonds is 9. The second-order valence-corrected chi connectivity index (χ2v) is 11.9. The van der Waals surface area contributed by atoms with Gasteiger partial charge in [-0.25, -0.2) is 15.0 Å². The summed E-state index contributed by atoms with van der Waals surface area (Å²) in [6.07, 6.45) is -1.16. The fourth-order valence-electron chi connectivity index (χ4n) is 2.75. The average molecular weight is 542 g/mol. The molecule has 0 aliphatic rings. The number of benzene rings is 1. The molecule has 0 amide bonds. The molecule has 0 saturated carbocycles. The van der Waals surface area contributed by atoms with Crippen LogP contribution in [0.1, 0.15) is 40.3 Å². The maximum Gasteiger partial charge on any atom is 0.573 e. The summed E-state index contributed by atoms with van der Waals surface area (Å²) in [7, 11) is 0. The molecule has 1 aromatic carbocycles. The minimum atomic E-state index is -4.74. The number of halogens is 3. The molecule has 3 rings (SSSR count). The molecule has 0 bridgehead atoms. The Morgan fingerprint density at radius 1 is 1.00 bits per heavy atom. The number of nitrogens with zero attached hydrogens (tertiary/aromatic N) is 3. The van der Waals surface area contributed by atoms with Crippen LogP contribution in [0.2, 0.25) is 0 Å². The number of alkyl halides is 3. The number of aromatic nitrogens is 3. The van der Waals surface area contributed by atoms with Gasteiger partial charge in [0.2, 0.25) is 0 Å². The molecule has 0 spiro atoms. The van der Waals surface area contributed by atoms with E-state index in [2.05, 4.69) is 19.7 Å². The molecule has 2 heterocycles. The van der Waals surface area contributed by atoms with Gasteiger partial charge in [-0.05, 0) is 52.3 Å². The molecule has 0 N–H and O–H groups in total. The van der Waals surface area contributed by atoms with Crippen LogP contribution in [0.5, 0.6) is 11.8 Å². The smallest absolute Gasteiger partial charge is 0.463 e. The Balaban J connectivity index is 1.49. The van der Waals surface area contributed by atoms with E-state index in [0.29, 0.717) is 24.2 Å². The number of esters is 1. The molecular formula is C24H26F3N3O4S2. The molecule has 36 heavy (non-hydrogen) atoms. The summed E-state index contributed by atoms with van der Waals surface area (Å²) in [6, 6.07) is 5.60. The van der Waals surface area contributed by atoms with Gasteiger partial charge in [-0.15, -0.1) is 24.5 Å². The van der Waals surface area contributed by atoms with Crippen LogP contribution in [0.3, 0.4) is 0 Å². The van der Waals surface area contributed by atoms with Crippen LogP contribution in [0.4, 0.5) is 13.2 Å². The first-order valence-electron chi connectivity index (χ1n) is 10.9. The van der Waals surface area contributed by atoms with E-state index in [0.717, 1.165) is 10.0 Å².